The first-order valence-electron chi connectivity index (χ1n) is 6.30. The summed E-state index contributed by atoms with van der Waals surface area (Å²) in [5.41, 5.74) is 0.783. The largest absolute Gasteiger partial charge is 0.487 e. The van der Waals surface area contributed by atoms with Crippen LogP contribution in [0.15, 0.2) is 24.3 Å². The Morgan fingerprint density at radius 2 is 1.94 bits per heavy atom. The quantitative estimate of drug-likeness (QED) is 0.847. The summed E-state index contributed by atoms with van der Waals surface area (Å²) < 4.78 is 5.85. The van der Waals surface area contributed by atoms with Crippen LogP contribution >= 0.6 is 0 Å². The molecule has 0 radical (unpaired) electrons. The van der Waals surface area contributed by atoms with E-state index in [9.17, 15) is 10.2 Å². The van der Waals surface area contributed by atoms with E-state index in [4.69, 9.17) is 4.74 Å². The summed E-state index contributed by atoms with van der Waals surface area (Å²) in [6, 6.07) is 7.47. The zero-order valence-corrected chi connectivity index (χ0v) is 10.2. The normalized spacial score (nSPS) is 26.5. The van der Waals surface area contributed by atoms with Crippen molar-refractivity contribution in [3.8, 4) is 5.75 Å². The van der Waals surface area contributed by atoms with Crippen molar-refractivity contribution in [1.29, 1.82) is 0 Å². The van der Waals surface area contributed by atoms with Gasteiger partial charge in [0.05, 0.1) is 12.2 Å². The zero-order valence-electron chi connectivity index (χ0n) is 10.2. The lowest BCUT2D eigenvalue weighted by atomic mass is 9.94. The number of para-hydroxylation sites is 1. The van der Waals surface area contributed by atoms with Crippen molar-refractivity contribution in [2.45, 2.75) is 50.9 Å². The van der Waals surface area contributed by atoms with Crippen molar-refractivity contribution in [2.24, 2.45) is 0 Å². The second-order valence-electron chi connectivity index (χ2n) is 4.72. The maximum absolute atomic E-state index is 9.87. The predicted octanol–water partition coefficient (Wildman–Crippen LogP) is 2.42. The molecule has 1 aliphatic rings. The number of rotatable bonds is 3. The molecule has 2 N–H and O–H groups in total. The minimum absolute atomic E-state index is 0.136. The molecule has 2 unspecified atom stereocenters. The number of benzene rings is 1. The summed E-state index contributed by atoms with van der Waals surface area (Å²) in [4.78, 5) is 0. The van der Waals surface area contributed by atoms with E-state index in [0.717, 1.165) is 31.2 Å². The third-order valence-corrected chi connectivity index (χ3v) is 3.32. The number of hydrogen-bond donors (Lipinski definition) is 2. The van der Waals surface area contributed by atoms with Crippen LogP contribution in [-0.4, -0.2) is 22.4 Å². The minimum atomic E-state index is -0.549. The molecule has 1 aromatic carbocycles. The van der Waals surface area contributed by atoms with E-state index in [0.29, 0.717) is 5.75 Å². The van der Waals surface area contributed by atoms with Gasteiger partial charge in [0.25, 0.3) is 0 Å². The monoisotopic (exact) mass is 236 g/mol. The summed E-state index contributed by atoms with van der Waals surface area (Å²) in [6.45, 7) is 1.72. The van der Waals surface area contributed by atoms with Gasteiger partial charge in [0.15, 0.2) is 0 Å². The third kappa shape index (κ3) is 2.99. The molecule has 0 aromatic heterocycles. The van der Waals surface area contributed by atoms with Crippen LogP contribution in [0.4, 0.5) is 0 Å². The third-order valence-electron chi connectivity index (χ3n) is 3.32. The average Bonchev–Trinajstić information content (AvgIpc) is 2.32. The van der Waals surface area contributed by atoms with Crippen LogP contribution in [0.25, 0.3) is 0 Å². The first-order valence-corrected chi connectivity index (χ1v) is 6.30. The summed E-state index contributed by atoms with van der Waals surface area (Å²) in [7, 11) is 0. The first kappa shape index (κ1) is 12.4. The molecular formula is C14H20O3. The molecular weight excluding hydrogens is 216 g/mol. The molecule has 3 atom stereocenters. The van der Waals surface area contributed by atoms with Gasteiger partial charge in [-0.05, 0) is 32.3 Å². The van der Waals surface area contributed by atoms with E-state index in [1.54, 1.807) is 6.92 Å². The molecule has 0 saturated heterocycles. The lowest BCUT2D eigenvalue weighted by Gasteiger charge is -2.29. The lowest BCUT2D eigenvalue weighted by molar-refractivity contribution is 0.00528. The highest BCUT2D eigenvalue weighted by molar-refractivity contribution is 5.35. The molecule has 3 heteroatoms. The van der Waals surface area contributed by atoms with Crippen LogP contribution in [0.2, 0.25) is 0 Å². The molecule has 1 aliphatic carbocycles. The second kappa shape index (κ2) is 5.52. The second-order valence-corrected chi connectivity index (χ2v) is 4.72. The highest BCUT2D eigenvalue weighted by atomic mass is 16.5. The van der Waals surface area contributed by atoms with E-state index in [-0.39, 0.29) is 12.2 Å². The smallest absolute Gasteiger partial charge is 0.125 e. The fraction of sp³-hybridized carbons (Fsp3) is 0.571. The average molecular weight is 236 g/mol. The van der Waals surface area contributed by atoms with Gasteiger partial charge in [-0.25, -0.2) is 0 Å². The maximum atomic E-state index is 9.87. The molecule has 0 heterocycles. The van der Waals surface area contributed by atoms with Gasteiger partial charge in [-0.15, -0.1) is 0 Å². The van der Waals surface area contributed by atoms with Crippen LogP contribution in [-0.2, 0) is 0 Å². The Bertz CT molecular complexity index is 362. The standard InChI is InChI=1S/C14H20O3/c1-10(15)11-6-2-4-8-13(11)17-14-9-5-3-7-12(14)16/h2,4,6,8,10,12,14-16H,3,5,7,9H2,1H3/t10-,12?,14?/m0/s1. The Labute approximate surface area is 102 Å². The zero-order chi connectivity index (χ0) is 12.3. The fourth-order valence-corrected chi connectivity index (χ4v) is 2.31. The summed E-state index contributed by atoms with van der Waals surface area (Å²) in [5, 5.41) is 19.5. The summed E-state index contributed by atoms with van der Waals surface area (Å²) >= 11 is 0. The highest BCUT2D eigenvalue weighted by Gasteiger charge is 2.25. The fourth-order valence-electron chi connectivity index (χ4n) is 2.31. The van der Waals surface area contributed by atoms with Crippen molar-refractivity contribution in [1.82, 2.24) is 0 Å². The van der Waals surface area contributed by atoms with E-state index >= 15 is 0 Å². The van der Waals surface area contributed by atoms with Crippen LogP contribution < -0.4 is 4.74 Å². The summed E-state index contributed by atoms with van der Waals surface area (Å²) in [6.07, 6.45) is 2.79. The Morgan fingerprint density at radius 3 is 2.65 bits per heavy atom. The van der Waals surface area contributed by atoms with Gasteiger partial charge >= 0.3 is 0 Å². The van der Waals surface area contributed by atoms with Crippen LogP contribution in [0, 0.1) is 0 Å². The number of aliphatic hydroxyl groups excluding tert-OH is 2. The molecule has 0 bridgehead atoms. The van der Waals surface area contributed by atoms with Crippen molar-refractivity contribution in [3.63, 3.8) is 0 Å². The Balaban J connectivity index is 2.12. The van der Waals surface area contributed by atoms with Crippen molar-refractivity contribution in [2.75, 3.05) is 0 Å². The van der Waals surface area contributed by atoms with Crippen molar-refractivity contribution >= 4 is 0 Å². The van der Waals surface area contributed by atoms with E-state index in [1.165, 1.54) is 0 Å². The molecule has 0 spiro atoms. The number of aliphatic hydroxyl groups is 2. The molecule has 0 amide bonds. The van der Waals surface area contributed by atoms with E-state index in [1.807, 2.05) is 24.3 Å². The topological polar surface area (TPSA) is 49.7 Å². The molecule has 94 valence electrons. The molecule has 0 aliphatic heterocycles. The van der Waals surface area contributed by atoms with Gasteiger partial charge in [0, 0.05) is 5.56 Å². The van der Waals surface area contributed by atoms with E-state index < -0.39 is 6.10 Å². The molecule has 3 nitrogen and oxygen atoms in total. The van der Waals surface area contributed by atoms with Gasteiger partial charge in [0.1, 0.15) is 11.9 Å². The first-order chi connectivity index (χ1) is 8.18. The van der Waals surface area contributed by atoms with Crippen LogP contribution in [0.3, 0.4) is 0 Å². The van der Waals surface area contributed by atoms with E-state index in [2.05, 4.69) is 0 Å². The minimum Gasteiger partial charge on any atom is -0.487 e. The highest BCUT2D eigenvalue weighted by Crippen LogP contribution is 2.29. The van der Waals surface area contributed by atoms with Crippen LogP contribution in [0.5, 0.6) is 5.75 Å². The van der Waals surface area contributed by atoms with Crippen molar-refractivity contribution < 1.29 is 14.9 Å². The Morgan fingerprint density at radius 1 is 1.24 bits per heavy atom. The van der Waals surface area contributed by atoms with Gasteiger partial charge in [-0.1, -0.05) is 24.6 Å². The molecule has 1 fully saturated rings. The van der Waals surface area contributed by atoms with Gasteiger partial charge in [0.2, 0.25) is 0 Å². The lowest BCUT2D eigenvalue weighted by Crippen LogP contribution is -2.34. The molecule has 1 saturated carbocycles. The van der Waals surface area contributed by atoms with Crippen molar-refractivity contribution in [3.05, 3.63) is 29.8 Å². The molecule has 17 heavy (non-hydrogen) atoms. The number of ether oxygens (including phenoxy) is 1. The van der Waals surface area contributed by atoms with Gasteiger partial charge in [-0.2, -0.15) is 0 Å². The predicted molar refractivity (Wildman–Crippen MR) is 66.0 cm³/mol. The van der Waals surface area contributed by atoms with Crippen LogP contribution in [0.1, 0.15) is 44.3 Å². The van der Waals surface area contributed by atoms with Gasteiger partial charge in [-0.3, -0.25) is 0 Å². The maximum Gasteiger partial charge on any atom is 0.125 e. The number of hydrogen-bond acceptors (Lipinski definition) is 3. The SMILES string of the molecule is C[C@H](O)c1ccccc1OC1CCCCC1O. The Kier molecular flexibility index (Phi) is 4.02. The molecule has 1 aromatic rings. The summed E-state index contributed by atoms with van der Waals surface area (Å²) in [5.74, 6) is 0.688. The molecule has 2 rings (SSSR count). The Hall–Kier alpha value is -1.06. The van der Waals surface area contributed by atoms with Gasteiger partial charge < -0.3 is 14.9 Å².